The molecule has 0 radical (unpaired) electrons. The zero-order chi connectivity index (χ0) is 13.0. The maximum absolute atomic E-state index is 13.8. The topological polar surface area (TPSA) is 24.5 Å². The number of likely N-dealkylation sites (tertiary alicyclic amines) is 1. The SMILES string of the molecule is CNCC1CCN(Cc2ccc(OC)cc2F)C1. The lowest BCUT2D eigenvalue weighted by atomic mass is 10.1. The summed E-state index contributed by atoms with van der Waals surface area (Å²) >= 11 is 0. The molecule has 1 aliphatic rings. The largest absolute Gasteiger partial charge is 0.497 e. The average Bonchev–Trinajstić information content (AvgIpc) is 2.80. The van der Waals surface area contributed by atoms with Crippen LogP contribution >= 0.6 is 0 Å². The highest BCUT2D eigenvalue weighted by atomic mass is 19.1. The highest BCUT2D eigenvalue weighted by molar-refractivity contribution is 5.28. The quantitative estimate of drug-likeness (QED) is 0.866. The summed E-state index contributed by atoms with van der Waals surface area (Å²) in [5.74, 6) is 1.09. The van der Waals surface area contributed by atoms with Gasteiger partial charge in [-0.25, -0.2) is 4.39 Å². The van der Waals surface area contributed by atoms with Crippen LogP contribution in [0.1, 0.15) is 12.0 Å². The Balaban J connectivity index is 1.94. The first-order valence-corrected chi connectivity index (χ1v) is 6.42. The van der Waals surface area contributed by atoms with Gasteiger partial charge in [-0.15, -0.1) is 0 Å². The van der Waals surface area contributed by atoms with Gasteiger partial charge in [0.2, 0.25) is 0 Å². The first kappa shape index (κ1) is 13.3. The number of nitrogens with one attached hydrogen (secondary N) is 1. The van der Waals surface area contributed by atoms with Gasteiger partial charge >= 0.3 is 0 Å². The highest BCUT2D eigenvalue weighted by Crippen LogP contribution is 2.21. The maximum Gasteiger partial charge on any atom is 0.131 e. The average molecular weight is 252 g/mol. The van der Waals surface area contributed by atoms with Crippen molar-refractivity contribution in [3.05, 3.63) is 29.6 Å². The zero-order valence-electron chi connectivity index (χ0n) is 11.1. The van der Waals surface area contributed by atoms with Gasteiger partial charge < -0.3 is 10.1 Å². The normalized spacial score (nSPS) is 20.3. The fraction of sp³-hybridized carbons (Fsp3) is 0.571. The summed E-state index contributed by atoms with van der Waals surface area (Å²) in [6.07, 6.45) is 1.19. The Morgan fingerprint density at radius 2 is 2.33 bits per heavy atom. The number of ether oxygens (including phenoxy) is 1. The fourth-order valence-electron chi connectivity index (χ4n) is 2.54. The van der Waals surface area contributed by atoms with Gasteiger partial charge in [0.15, 0.2) is 0 Å². The zero-order valence-corrected chi connectivity index (χ0v) is 11.1. The summed E-state index contributed by atoms with van der Waals surface area (Å²) in [7, 11) is 3.53. The molecule has 0 amide bonds. The van der Waals surface area contributed by atoms with Crippen LogP contribution in [0.4, 0.5) is 4.39 Å². The molecular weight excluding hydrogens is 231 g/mol. The molecule has 0 bridgehead atoms. The van der Waals surface area contributed by atoms with Gasteiger partial charge in [-0.05, 0) is 38.5 Å². The molecule has 1 unspecified atom stereocenters. The number of hydrogen-bond acceptors (Lipinski definition) is 3. The van der Waals surface area contributed by atoms with Crippen LogP contribution < -0.4 is 10.1 Å². The molecule has 1 fully saturated rings. The van der Waals surface area contributed by atoms with E-state index in [2.05, 4.69) is 10.2 Å². The van der Waals surface area contributed by atoms with E-state index in [1.54, 1.807) is 7.11 Å². The van der Waals surface area contributed by atoms with Gasteiger partial charge in [0.1, 0.15) is 11.6 Å². The van der Waals surface area contributed by atoms with Crippen LogP contribution in [0, 0.1) is 11.7 Å². The Hall–Kier alpha value is -1.13. The van der Waals surface area contributed by atoms with Crippen LogP contribution in [0.15, 0.2) is 18.2 Å². The van der Waals surface area contributed by atoms with Crippen molar-refractivity contribution < 1.29 is 9.13 Å². The van der Waals surface area contributed by atoms with E-state index in [0.29, 0.717) is 18.2 Å². The molecule has 1 atom stereocenters. The lowest BCUT2D eigenvalue weighted by Gasteiger charge is -2.16. The molecule has 0 spiro atoms. The third-order valence-corrected chi connectivity index (χ3v) is 3.52. The van der Waals surface area contributed by atoms with Gasteiger partial charge in [-0.1, -0.05) is 6.07 Å². The molecule has 1 N–H and O–H groups in total. The van der Waals surface area contributed by atoms with E-state index in [0.717, 1.165) is 25.2 Å². The van der Waals surface area contributed by atoms with E-state index < -0.39 is 0 Å². The van der Waals surface area contributed by atoms with Crippen molar-refractivity contribution in [2.24, 2.45) is 5.92 Å². The van der Waals surface area contributed by atoms with E-state index in [1.807, 2.05) is 19.2 Å². The number of methoxy groups -OCH3 is 1. The van der Waals surface area contributed by atoms with Crippen LogP contribution in [0.2, 0.25) is 0 Å². The second-order valence-electron chi connectivity index (χ2n) is 4.90. The second kappa shape index (κ2) is 6.16. The van der Waals surface area contributed by atoms with Gasteiger partial charge in [-0.2, -0.15) is 0 Å². The number of nitrogens with zero attached hydrogens (tertiary/aromatic N) is 1. The van der Waals surface area contributed by atoms with Crippen LogP contribution in [-0.2, 0) is 6.54 Å². The van der Waals surface area contributed by atoms with Gasteiger partial charge in [0, 0.05) is 24.7 Å². The minimum atomic E-state index is -0.175. The second-order valence-corrected chi connectivity index (χ2v) is 4.90. The Morgan fingerprint density at radius 1 is 1.50 bits per heavy atom. The van der Waals surface area contributed by atoms with Crippen molar-refractivity contribution in [1.29, 1.82) is 0 Å². The molecule has 18 heavy (non-hydrogen) atoms. The lowest BCUT2D eigenvalue weighted by molar-refractivity contribution is 0.310. The van der Waals surface area contributed by atoms with E-state index >= 15 is 0 Å². The number of hydrogen-bond donors (Lipinski definition) is 1. The molecule has 1 saturated heterocycles. The number of halogens is 1. The predicted molar refractivity (Wildman–Crippen MR) is 70.3 cm³/mol. The fourth-order valence-corrected chi connectivity index (χ4v) is 2.54. The van der Waals surface area contributed by atoms with E-state index in [1.165, 1.54) is 12.5 Å². The smallest absolute Gasteiger partial charge is 0.131 e. The molecule has 0 aromatic heterocycles. The van der Waals surface area contributed by atoms with Gasteiger partial charge in [0.05, 0.1) is 7.11 Å². The minimum absolute atomic E-state index is 0.175. The molecule has 2 rings (SSSR count). The maximum atomic E-state index is 13.8. The number of rotatable bonds is 5. The molecule has 4 heteroatoms. The molecular formula is C14H21FN2O. The van der Waals surface area contributed by atoms with Crippen LogP contribution in [-0.4, -0.2) is 38.7 Å². The Labute approximate surface area is 108 Å². The molecule has 1 heterocycles. The standard InChI is InChI=1S/C14H21FN2O/c1-16-8-11-5-6-17(9-11)10-12-3-4-13(18-2)7-14(12)15/h3-4,7,11,16H,5-6,8-10H2,1-2H3. The molecule has 1 aromatic carbocycles. The number of benzene rings is 1. The third-order valence-electron chi connectivity index (χ3n) is 3.52. The molecule has 3 nitrogen and oxygen atoms in total. The van der Waals surface area contributed by atoms with Crippen molar-refractivity contribution >= 4 is 0 Å². The van der Waals surface area contributed by atoms with E-state index in [-0.39, 0.29) is 5.82 Å². The van der Waals surface area contributed by atoms with Crippen molar-refractivity contribution in [1.82, 2.24) is 10.2 Å². The van der Waals surface area contributed by atoms with Gasteiger partial charge in [0.25, 0.3) is 0 Å². The molecule has 1 aliphatic heterocycles. The van der Waals surface area contributed by atoms with Crippen LogP contribution in [0.25, 0.3) is 0 Å². The van der Waals surface area contributed by atoms with Crippen molar-refractivity contribution in [2.75, 3.05) is 33.8 Å². The predicted octanol–water partition coefficient (Wildman–Crippen LogP) is 1.88. The summed E-state index contributed by atoms with van der Waals surface area (Å²) in [5.41, 5.74) is 0.751. The van der Waals surface area contributed by atoms with Crippen LogP contribution in [0.5, 0.6) is 5.75 Å². The van der Waals surface area contributed by atoms with Crippen molar-refractivity contribution in [3.63, 3.8) is 0 Å². The monoisotopic (exact) mass is 252 g/mol. The molecule has 1 aromatic rings. The summed E-state index contributed by atoms with van der Waals surface area (Å²) in [6, 6.07) is 5.09. The summed E-state index contributed by atoms with van der Waals surface area (Å²) in [4.78, 5) is 2.31. The van der Waals surface area contributed by atoms with E-state index in [9.17, 15) is 4.39 Å². The summed E-state index contributed by atoms with van der Waals surface area (Å²) < 4.78 is 18.8. The Morgan fingerprint density at radius 3 is 3.00 bits per heavy atom. The molecule has 0 aliphatic carbocycles. The third kappa shape index (κ3) is 3.21. The van der Waals surface area contributed by atoms with Gasteiger partial charge in [-0.3, -0.25) is 4.90 Å². The van der Waals surface area contributed by atoms with Crippen LogP contribution in [0.3, 0.4) is 0 Å². The first-order valence-electron chi connectivity index (χ1n) is 6.42. The molecule has 100 valence electrons. The first-order chi connectivity index (χ1) is 8.72. The Bertz CT molecular complexity index is 397. The van der Waals surface area contributed by atoms with Crippen molar-refractivity contribution in [3.8, 4) is 5.75 Å². The van der Waals surface area contributed by atoms with E-state index in [4.69, 9.17) is 4.74 Å². The summed E-state index contributed by atoms with van der Waals surface area (Å²) in [6.45, 7) is 3.84. The highest BCUT2D eigenvalue weighted by Gasteiger charge is 2.22. The molecule has 0 saturated carbocycles. The minimum Gasteiger partial charge on any atom is -0.497 e. The van der Waals surface area contributed by atoms with Crippen molar-refractivity contribution in [2.45, 2.75) is 13.0 Å². The Kier molecular flexibility index (Phi) is 4.55. The summed E-state index contributed by atoms with van der Waals surface area (Å²) in [5, 5.41) is 3.20. The lowest BCUT2D eigenvalue weighted by Crippen LogP contribution is -2.24.